The molecule has 2 aromatic carbocycles. The molecule has 2 aliphatic rings. The summed E-state index contributed by atoms with van der Waals surface area (Å²) in [5.74, 6) is 0.614. The van der Waals surface area contributed by atoms with Crippen LogP contribution in [-0.4, -0.2) is 0 Å². The summed E-state index contributed by atoms with van der Waals surface area (Å²) in [6.45, 7) is 2.30. The third kappa shape index (κ3) is 5.29. The Bertz CT molecular complexity index is 879. The van der Waals surface area contributed by atoms with Crippen molar-refractivity contribution < 1.29 is 22.3 Å². The molecule has 2 aromatic rings. The summed E-state index contributed by atoms with van der Waals surface area (Å²) >= 11 is 0. The molecular weight excluding hydrogens is 416 g/mol. The second kappa shape index (κ2) is 9.84. The SMILES string of the molecule is CCC1CCC(C2CCC(c3ccc(OC(F)(F)c4ccc(F)c(F)c4)cc3)CC2)CC1. The van der Waals surface area contributed by atoms with Crippen LogP contribution in [0.25, 0.3) is 0 Å². The molecule has 0 aromatic heterocycles. The Kier molecular flexibility index (Phi) is 7.11. The third-order valence-electron chi connectivity index (χ3n) is 7.76. The highest BCUT2D eigenvalue weighted by molar-refractivity contribution is 5.31. The maximum atomic E-state index is 14.4. The molecule has 0 unspecified atom stereocenters. The highest BCUT2D eigenvalue weighted by Crippen LogP contribution is 2.44. The first-order chi connectivity index (χ1) is 15.4. The van der Waals surface area contributed by atoms with E-state index < -0.39 is 23.3 Å². The van der Waals surface area contributed by atoms with Gasteiger partial charge in [0.15, 0.2) is 11.6 Å². The van der Waals surface area contributed by atoms with Crippen LogP contribution < -0.4 is 4.74 Å². The van der Waals surface area contributed by atoms with Gasteiger partial charge in [0.2, 0.25) is 0 Å². The van der Waals surface area contributed by atoms with E-state index in [0.717, 1.165) is 42.2 Å². The Balaban J connectivity index is 1.32. The number of rotatable bonds is 6. The molecule has 0 radical (unpaired) electrons. The number of halogens is 4. The number of alkyl halides is 2. The Morgan fingerprint density at radius 2 is 1.38 bits per heavy atom. The van der Waals surface area contributed by atoms with Gasteiger partial charge >= 0.3 is 6.11 Å². The zero-order valence-electron chi connectivity index (χ0n) is 18.6. The van der Waals surface area contributed by atoms with Crippen LogP contribution in [0.3, 0.4) is 0 Å². The van der Waals surface area contributed by atoms with Crippen molar-refractivity contribution in [1.29, 1.82) is 0 Å². The van der Waals surface area contributed by atoms with E-state index in [-0.39, 0.29) is 5.75 Å². The van der Waals surface area contributed by atoms with Crippen molar-refractivity contribution in [3.05, 3.63) is 65.2 Å². The zero-order valence-corrected chi connectivity index (χ0v) is 18.6. The lowest BCUT2D eigenvalue weighted by Gasteiger charge is -2.38. The molecule has 2 aliphatic carbocycles. The predicted molar refractivity (Wildman–Crippen MR) is 118 cm³/mol. The fourth-order valence-corrected chi connectivity index (χ4v) is 5.68. The molecule has 0 saturated heterocycles. The van der Waals surface area contributed by atoms with Crippen LogP contribution in [0.15, 0.2) is 42.5 Å². The van der Waals surface area contributed by atoms with Crippen molar-refractivity contribution in [3.8, 4) is 5.75 Å². The molecule has 1 nitrogen and oxygen atoms in total. The molecule has 0 aliphatic heterocycles. The summed E-state index contributed by atoms with van der Waals surface area (Å²) in [6.07, 6.45) is 7.88. The largest absolute Gasteiger partial charge is 0.429 e. The Labute approximate surface area is 188 Å². The van der Waals surface area contributed by atoms with Gasteiger partial charge in [-0.3, -0.25) is 0 Å². The number of ether oxygens (including phenoxy) is 1. The van der Waals surface area contributed by atoms with Gasteiger partial charge in [-0.15, -0.1) is 0 Å². The molecule has 32 heavy (non-hydrogen) atoms. The van der Waals surface area contributed by atoms with Gasteiger partial charge < -0.3 is 4.74 Å². The maximum absolute atomic E-state index is 14.4. The molecule has 0 spiro atoms. The topological polar surface area (TPSA) is 9.23 Å². The smallest absolute Gasteiger partial charge is 0.426 e. The number of benzene rings is 2. The van der Waals surface area contributed by atoms with Crippen LogP contribution >= 0.6 is 0 Å². The minimum Gasteiger partial charge on any atom is -0.429 e. The van der Waals surface area contributed by atoms with Gasteiger partial charge in [-0.25, -0.2) is 8.78 Å². The van der Waals surface area contributed by atoms with Gasteiger partial charge in [0, 0.05) is 0 Å². The van der Waals surface area contributed by atoms with Crippen molar-refractivity contribution in [2.75, 3.05) is 0 Å². The normalized spacial score (nSPS) is 26.7. The lowest BCUT2D eigenvalue weighted by Crippen LogP contribution is -2.25. The molecule has 2 saturated carbocycles. The van der Waals surface area contributed by atoms with Gasteiger partial charge in [-0.1, -0.05) is 38.3 Å². The highest BCUT2D eigenvalue weighted by Gasteiger charge is 2.36. The van der Waals surface area contributed by atoms with Crippen molar-refractivity contribution in [2.45, 2.75) is 76.7 Å². The van der Waals surface area contributed by atoms with Crippen LogP contribution in [0.2, 0.25) is 0 Å². The van der Waals surface area contributed by atoms with Crippen LogP contribution in [0.1, 0.15) is 81.8 Å². The molecule has 174 valence electrons. The molecule has 5 heteroatoms. The summed E-state index contributed by atoms with van der Waals surface area (Å²) in [5.41, 5.74) is 0.438. The highest BCUT2D eigenvalue weighted by atomic mass is 19.3. The summed E-state index contributed by atoms with van der Waals surface area (Å²) in [7, 11) is 0. The summed E-state index contributed by atoms with van der Waals surface area (Å²) in [5, 5.41) is 0. The summed E-state index contributed by atoms with van der Waals surface area (Å²) < 4.78 is 59.9. The van der Waals surface area contributed by atoms with Crippen LogP contribution in [0, 0.1) is 29.4 Å². The lowest BCUT2D eigenvalue weighted by atomic mass is 9.68. The molecule has 0 N–H and O–H groups in total. The molecule has 4 rings (SSSR count). The first-order valence-electron chi connectivity index (χ1n) is 12.0. The minimum atomic E-state index is -3.75. The van der Waals surface area contributed by atoms with Crippen molar-refractivity contribution >= 4 is 0 Å². The molecule has 2 fully saturated rings. The zero-order chi connectivity index (χ0) is 22.7. The molecule has 0 bridgehead atoms. The molecule has 0 atom stereocenters. The standard InChI is InChI=1S/C27H32F4O/c1-2-18-3-5-19(6-4-18)20-7-9-21(10-8-20)22-11-14-24(15-12-22)32-27(30,31)23-13-16-25(28)26(29)17-23/h11-21H,2-10H2,1H3. The molecular formula is C27H32F4O. The van der Waals surface area contributed by atoms with Crippen molar-refractivity contribution in [3.63, 3.8) is 0 Å². The predicted octanol–water partition coefficient (Wildman–Crippen LogP) is 8.58. The molecule has 0 heterocycles. The maximum Gasteiger partial charge on any atom is 0.426 e. The average molecular weight is 449 g/mol. The Hall–Kier alpha value is -2.04. The van der Waals surface area contributed by atoms with Gasteiger partial charge in [0.05, 0.1) is 5.56 Å². The van der Waals surface area contributed by atoms with Gasteiger partial charge in [0.1, 0.15) is 5.75 Å². The van der Waals surface area contributed by atoms with Crippen LogP contribution in [0.4, 0.5) is 17.6 Å². The lowest BCUT2D eigenvalue weighted by molar-refractivity contribution is -0.185. The van der Waals surface area contributed by atoms with E-state index >= 15 is 0 Å². The number of hydrogen-bond donors (Lipinski definition) is 0. The quantitative estimate of drug-likeness (QED) is 0.402. The van der Waals surface area contributed by atoms with Crippen LogP contribution in [-0.2, 0) is 6.11 Å². The van der Waals surface area contributed by atoms with E-state index in [0.29, 0.717) is 18.1 Å². The Morgan fingerprint density at radius 3 is 1.94 bits per heavy atom. The van der Waals surface area contributed by atoms with E-state index in [1.54, 1.807) is 12.1 Å². The average Bonchev–Trinajstić information content (AvgIpc) is 2.81. The van der Waals surface area contributed by atoms with Gasteiger partial charge in [-0.05, 0) is 98.1 Å². The van der Waals surface area contributed by atoms with Gasteiger partial charge in [0.25, 0.3) is 0 Å². The minimum absolute atomic E-state index is 0.00449. The van der Waals surface area contributed by atoms with Gasteiger partial charge in [-0.2, -0.15) is 8.78 Å². The van der Waals surface area contributed by atoms with E-state index in [1.165, 1.54) is 44.9 Å². The third-order valence-corrected chi connectivity index (χ3v) is 7.76. The fourth-order valence-electron chi connectivity index (χ4n) is 5.68. The van der Waals surface area contributed by atoms with E-state index in [9.17, 15) is 17.6 Å². The van der Waals surface area contributed by atoms with E-state index in [4.69, 9.17) is 4.74 Å². The molecule has 0 amide bonds. The van der Waals surface area contributed by atoms with Crippen LogP contribution in [0.5, 0.6) is 5.75 Å². The van der Waals surface area contributed by atoms with E-state index in [2.05, 4.69) is 6.92 Å². The van der Waals surface area contributed by atoms with Crippen molar-refractivity contribution in [1.82, 2.24) is 0 Å². The van der Waals surface area contributed by atoms with E-state index in [1.807, 2.05) is 12.1 Å². The second-order valence-electron chi connectivity index (χ2n) is 9.62. The first-order valence-corrected chi connectivity index (χ1v) is 12.0. The Morgan fingerprint density at radius 1 is 0.781 bits per heavy atom. The number of hydrogen-bond acceptors (Lipinski definition) is 1. The summed E-state index contributed by atoms with van der Waals surface area (Å²) in [4.78, 5) is 0. The fraction of sp³-hybridized carbons (Fsp3) is 0.556. The van der Waals surface area contributed by atoms with Crippen molar-refractivity contribution in [2.24, 2.45) is 17.8 Å². The first kappa shape index (κ1) is 23.1. The second-order valence-corrected chi connectivity index (χ2v) is 9.62. The monoisotopic (exact) mass is 448 g/mol. The summed E-state index contributed by atoms with van der Waals surface area (Å²) in [6, 6.07) is 8.78.